The fourth-order valence-electron chi connectivity index (χ4n) is 4.26. The van der Waals surface area contributed by atoms with Crippen molar-refractivity contribution in [2.75, 3.05) is 10.0 Å². The molecule has 9 nitrogen and oxygen atoms in total. The van der Waals surface area contributed by atoms with Crippen LogP contribution in [0, 0.1) is 0 Å². The van der Waals surface area contributed by atoms with Gasteiger partial charge in [0, 0.05) is 36.7 Å². The molecule has 0 radical (unpaired) electrons. The highest BCUT2D eigenvalue weighted by atomic mass is 35.5. The molecule has 38 heavy (non-hydrogen) atoms. The first-order valence-corrected chi connectivity index (χ1v) is 14.1. The smallest absolute Gasteiger partial charge is 0.261 e. The second-order valence-corrected chi connectivity index (χ2v) is 11.1. The minimum absolute atomic E-state index is 0.142. The van der Waals surface area contributed by atoms with Gasteiger partial charge < -0.3 is 15.8 Å². The van der Waals surface area contributed by atoms with Crippen molar-refractivity contribution >= 4 is 33.3 Å². The van der Waals surface area contributed by atoms with Gasteiger partial charge in [-0.15, -0.1) is 0 Å². The summed E-state index contributed by atoms with van der Waals surface area (Å²) in [5.74, 6) is 1.48. The maximum absolute atomic E-state index is 12.7. The molecule has 2 aromatic carbocycles. The molecule has 1 fully saturated rings. The zero-order valence-corrected chi connectivity index (χ0v) is 22.0. The van der Waals surface area contributed by atoms with Crippen molar-refractivity contribution in [2.45, 2.75) is 42.7 Å². The summed E-state index contributed by atoms with van der Waals surface area (Å²) < 4.78 is 34.0. The van der Waals surface area contributed by atoms with Crippen LogP contribution in [0.15, 0.2) is 84.1 Å². The number of pyridine rings is 1. The molecule has 0 atom stereocenters. The number of aromatic nitrogens is 3. The summed E-state index contributed by atoms with van der Waals surface area (Å²) in [6, 6.07) is 16.9. The summed E-state index contributed by atoms with van der Waals surface area (Å²) in [7, 11) is -3.78. The minimum Gasteiger partial charge on any atom is -0.456 e. The topological polar surface area (TPSA) is 132 Å². The van der Waals surface area contributed by atoms with Crippen LogP contribution in [0.25, 0.3) is 11.3 Å². The molecule has 0 amide bonds. The Morgan fingerprint density at radius 3 is 2.53 bits per heavy atom. The van der Waals surface area contributed by atoms with Crippen LogP contribution in [0.2, 0.25) is 5.02 Å². The number of hydrogen-bond acceptors (Lipinski definition) is 8. The van der Waals surface area contributed by atoms with E-state index in [0.717, 1.165) is 25.7 Å². The maximum Gasteiger partial charge on any atom is 0.261 e. The molecule has 0 saturated heterocycles. The van der Waals surface area contributed by atoms with Gasteiger partial charge in [-0.3, -0.25) is 9.71 Å². The molecule has 2 heterocycles. The number of anilines is 2. The lowest BCUT2D eigenvalue weighted by molar-refractivity contribution is 0.410. The third-order valence-electron chi connectivity index (χ3n) is 6.28. The Kier molecular flexibility index (Phi) is 7.73. The van der Waals surface area contributed by atoms with Gasteiger partial charge in [0.05, 0.1) is 26.9 Å². The first-order chi connectivity index (χ1) is 18.4. The van der Waals surface area contributed by atoms with E-state index >= 15 is 0 Å². The number of nitrogens with two attached hydrogens (primary N) is 1. The monoisotopic (exact) mass is 550 g/mol. The molecule has 196 valence electrons. The fraction of sp³-hybridized carbons (Fsp3) is 0.222. The first-order valence-electron chi connectivity index (χ1n) is 12.2. The molecular formula is C27H27ClN6O3S. The quantitative estimate of drug-likeness (QED) is 0.263. The molecule has 2 aromatic heterocycles. The molecule has 0 unspecified atom stereocenters. The molecule has 11 heteroatoms. The van der Waals surface area contributed by atoms with E-state index in [2.05, 4.69) is 25.0 Å². The highest BCUT2D eigenvalue weighted by Gasteiger charge is 2.20. The predicted octanol–water partition coefficient (Wildman–Crippen LogP) is 5.47. The Bertz CT molecular complexity index is 1510. The first kappa shape index (κ1) is 25.9. The number of halogens is 1. The summed E-state index contributed by atoms with van der Waals surface area (Å²) in [6.45, 7) is 0. The second kappa shape index (κ2) is 11.3. The van der Waals surface area contributed by atoms with Crippen molar-refractivity contribution < 1.29 is 13.2 Å². The normalized spacial score (nSPS) is 17.5. The lowest BCUT2D eigenvalue weighted by atomic mass is 9.92. The van der Waals surface area contributed by atoms with Gasteiger partial charge in [0.2, 0.25) is 5.95 Å². The van der Waals surface area contributed by atoms with E-state index in [0.29, 0.717) is 28.7 Å². The lowest BCUT2D eigenvalue weighted by Crippen LogP contribution is -2.33. The fourth-order valence-corrected chi connectivity index (χ4v) is 5.63. The highest BCUT2D eigenvalue weighted by molar-refractivity contribution is 7.92. The van der Waals surface area contributed by atoms with Crippen LogP contribution in [-0.2, 0) is 10.0 Å². The Hall–Kier alpha value is -3.73. The average Bonchev–Trinajstić information content (AvgIpc) is 2.92. The summed E-state index contributed by atoms with van der Waals surface area (Å²) in [5, 5.41) is 3.61. The zero-order chi connectivity index (χ0) is 26.5. The van der Waals surface area contributed by atoms with Crippen molar-refractivity contribution in [3.05, 3.63) is 84.3 Å². The number of rotatable bonds is 8. The molecule has 1 saturated carbocycles. The van der Waals surface area contributed by atoms with Gasteiger partial charge in [0.25, 0.3) is 10.0 Å². The third-order valence-corrected chi connectivity index (χ3v) is 7.98. The van der Waals surface area contributed by atoms with Crippen molar-refractivity contribution in [1.82, 2.24) is 15.0 Å². The van der Waals surface area contributed by atoms with E-state index in [1.54, 1.807) is 67.1 Å². The van der Waals surface area contributed by atoms with Gasteiger partial charge in [0.1, 0.15) is 11.5 Å². The lowest BCUT2D eigenvalue weighted by Gasteiger charge is -2.26. The number of nitrogens with zero attached hydrogens (tertiary/aromatic N) is 3. The van der Waals surface area contributed by atoms with Crippen LogP contribution in [0.5, 0.6) is 11.5 Å². The second-order valence-electron chi connectivity index (χ2n) is 9.06. The SMILES string of the molecule is NC1CCC(Nc2nccc(-c3cnccc3Oc3ccc(NS(=O)(=O)c4ccccc4)c(Cl)c3)n2)CC1. The van der Waals surface area contributed by atoms with E-state index in [1.165, 1.54) is 12.1 Å². The van der Waals surface area contributed by atoms with E-state index in [9.17, 15) is 8.42 Å². The largest absolute Gasteiger partial charge is 0.456 e. The molecule has 1 aliphatic rings. The summed E-state index contributed by atoms with van der Waals surface area (Å²) in [5.41, 5.74) is 7.59. The third kappa shape index (κ3) is 6.21. The van der Waals surface area contributed by atoms with Gasteiger partial charge in [-0.25, -0.2) is 18.4 Å². The van der Waals surface area contributed by atoms with E-state index in [-0.39, 0.29) is 27.7 Å². The predicted molar refractivity (Wildman–Crippen MR) is 148 cm³/mol. The Morgan fingerprint density at radius 1 is 0.974 bits per heavy atom. The number of benzene rings is 2. The Balaban J connectivity index is 1.33. The van der Waals surface area contributed by atoms with Crippen LogP contribution in [-0.4, -0.2) is 35.5 Å². The van der Waals surface area contributed by atoms with Gasteiger partial charge in [0.15, 0.2) is 0 Å². The van der Waals surface area contributed by atoms with Crippen LogP contribution in [0.1, 0.15) is 25.7 Å². The van der Waals surface area contributed by atoms with E-state index in [1.807, 2.05) is 0 Å². The number of sulfonamides is 1. The van der Waals surface area contributed by atoms with Crippen molar-refractivity contribution in [1.29, 1.82) is 0 Å². The highest BCUT2D eigenvalue weighted by Crippen LogP contribution is 2.35. The zero-order valence-electron chi connectivity index (χ0n) is 20.4. The van der Waals surface area contributed by atoms with Crippen molar-refractivity contribution in [3.8, 4) is 22.8 Å². The number of ether oxygens (including phenoxy) is 1. The van der Waals surface area contributed by atoms with Crippen LogP contribution in [0.4, 0.5) is 11.6 Å². The molecule has 0 aliphatic heterocycles. The van der Waals surface area contributed by atoms with Crippen molar-refractivity contribution in [2.24, 2.45) is 5.73 Å². The number of nitrogens with one attached hydrogen (secondary N) is 2. The Labute approximate surface area is 226 Å². The van der Waals surface area contributed by atoms with Crippen LogP contribution < -0.4 is 20.5 Å². The maximum atomic E-state index is 12.7. The Morgan fingerprint density at radius 2 is 1.76 bits per heavy atom. The molecule has 0 spiro atoms. The summed E-state index contributed by atoms with van der Waals surface area (Å²) in [6.07, 6.45) is 8.91. The molecule has 1 aliphatic carbocycles. The van der Waals surface area contributed by atoms with E-state index < -0.39 is 10.0 Å². The molecule has 0 bridgehead atoms. The number of hydrogen-bond donors (Lipinski definition) is 3. The minimum atomic E-state index is -3.78. The average molecular weight is 551 g/mol. The van der Waals surface area contributed by atoms with E-state index in [4.69, 9.17) is 22.1 Å². The van der Waals surface area contributed by atoms with Crippen LogP contribution in [0.3, 0.4) is 0 Å². The molecule has 5 rings (SSSR count). The van der Waals surface area contributed by atoms with Gasteiger partial charge >= 0.3 is 0 Å². The van der Waals surface area contributed by atoms with Gasteiger partial charge in [-0.2, -0.15) is 0 Å². The molecule has 4 N–H and O–H groups in total. The summed E-state index contributed by atoms with van der Waals surface area (Å²) in [4.78, 5) is 13.4. The summed E-state index contributed by atoms with van der Waals surface area (Å²) >= 11 is 6.41. The van der Waals surface area contributed by atoms with Crippen molar-refractivity contribution in [3.63, 3.8) is 0 Å². The van der Waals surface area contributed by atoms with Crippen LogP contribution >= 0.6 is 11.6 Å². The molecular weight excluding hydrogens is 524 g/mol. The van der Waals surface area contributed by atoms with Gasteiger partial charge in [-0.1, -0.05) is 29.8 Å². The standard InChI is InChI=1S/C27H27ClN6O3S/c28-23-16-20(10-11-25(23)34-38(35,36)21-4-2-1-3-5-21)37-26-13-14-30-17-22(26)24-12-15-31-27(33-24)32-19-8-6-18(29)7-9-19/h1-5,10-19,34H,6-9,29H2,(H,31,32,33). The van der Waals surface area contributed by atoms with Gasteiger partial charge in [-0.05, 0) is 62.1 Å². The molecule has 4 aromatic rings.